The van der Waals surface area contributed by atoms with E-state index in [1.54, 1.807) is 0 Å². The van der Waals surface area contributed by atoms with Gasteiger partial charge in [-0.3, -0.25) is 0 Å². The summed E-state index contributed by atoms with van der Waals surface area (Å²) < 4.78 is 2.30. The van der Waals surface area contributed by atoms with Crippen LogP contribution in [0.5, 0.6) is 0 Å². The number of rotatable bonds is 1. The molecule has 0 spiro atoms. The van der Waals surface area contributed by atoms with Crippen LogP contribution in [-0.4, -0.2) is 6.54 Å². The van der Waals surface area contributed by atoms with Gasteiger partial charge in [-0.15, -0.1) is 0 Å². The topological polar surface area (TPSA) is 15.9 Å². The third kappa shape index (κ3) is 2.62. The quantitative estimate of drug-likeness (QED) is 0.718. The molecule has 0 saturated carbocycles. The Morgan fingerprint density at radius 3 is 2.75 bits per heavy atom. The molecule has 1 atom stereocenters. The zero-order valence-electron chi connectivity index (χ0n) is 10.7. The van der Waals surface area contributed by atoms with Gasteiger partial charge in [-0.05, 0) is 25.5 Å². The van der Waals surface area contributed by atoms with Crippen molar-refractivity contribution in [2.75, 3.05) is 6.54 Å². The molecule has 1 N–H and O–H groups in total. The maximum absolute atomic E-state index is 3.60. The van der Waals surface area contributed by atoms with Crippen LogP contribution in [0, 0.1) is 0 Å². The minimum atomic E-state index is 0.171. The Morgan fingerprint density at radius 2 is 2.12 bits per heavy atom. The van der Waals surface area contributed by atoms with E-state index in [0.29, 0.717) is 6.04 Å². The number of hydrogen-bond donors (Lipinski definition) is 1. The van der Waals surface area contributed by atoms with Gasteiger partial charge < -0.3 is 5.32 Å². The maximum Gasteiger partial charge on any atom is 0.174 e. The summed E-state index contributed by atoms with van der Waals surface area (Å²) in [5, 5.41) is 3.60. The SMILES string of the molecule is CC(C)(C)[n+]1cccc(C2CCCCN2)c1. The molecule has 2 heterocycles. The van der Waals surface area contributed by atoms with Crippen molar-refractivity contribution in [3.8, 4) is 0 Å². The van der Waals surface area contributed by atoms with Crippen LogP contribution in [0.2, 0.25) is 0 Å². The van der Waals surface area contributed by atoms with E-state index in [4.69, 9.17) is 0 Å². The molecule has 2 nitrogen and oxygen atoms in total. The smallest absolute Gasteiger partial charge is 0.174 e. The van der Waals surface area contributed by atoms with Gasteiger partial charge >= 0.3 is 0 Å². The molecular weight excluding hydrogens is 196 g/mol. The normalized spacial score (nSPS) is 22.1. The second-order valence-corrected chi connectivity index (χ2v) is 5.72. The number of nitrogens with one attached hydrogen (secondary N) is 1. The molecule has 1 saturated heterocycles. The van der Waals surface area contributed by atoms with E-state index < -0.39 is 0 Å². The van der Waals surface area contributed by atoms with E-state index in [0.717, 1.165) is 6.54 Å². The van der Waals surface area contributed by atoms with Crippen molar-refractivity contribution >= 4 is 0 Å². The first-order chi connectivity index (χ1) is 7.57. The molecule has 1 aliphatic rings. The molecule has 2 rings (SSSR count). The zero-order valence-corrected chi connectivity index (χ0v) is 10.7. The Hall–Kier alpha value is -0.890. The van der Waals surface area contributed by atoms with Crippen LogP contribution in [0.1, 0.15) is 51.6 Å². The second-order valence-electron chi connectivity index (χ2n) is 5.72. The molecule has 1 fully saturated rings. The van der Waals surface area contributed by atoms with E-state index in [1.807, 2.05) is 0 Å². The van der Waals surface area contributed by atoms with E-state index in [2.05, 4.69) is 55.2 Å². The minimum Gasteiger partial charge on any atom is -0.310 e. The molecule has 88 valence electrons. The van der Waals surface area contributed by atoms with Crippen LogP contribution in [0.25, 0.3) is 0 Å². The van der Waals surface area contributed by atoms with Crippen molar-refractivity contribution in [1.82, 2.24) is 5.32 Å². The number of nitrogens with zero attached hydrogens (tertiary/aromatic N) is 1. The lowest BCUT2D eigenvalue weighted by molar-refractivity contribution is -0.754. The van der Waals surface area contributed by atoms with Gasteiger partial charge in [0.05, 0.1) is 0 Å². The Bertz CT molecular complexity index is 346. The van der Waals surface area contributed by atoms with Gasteiger partial charge in [0.25, 0.3) is 0 Å². The Morgan fingerprint density at radius 1 is 1.31 bits per heavy atom. The highest BCUT2D eigenvalue weighted by Gasteiger charge is 2.23. The van der Waals surface area contributed by atoms with Gasteiger partial charge in [-0.1, -0.05) is 6.42 Å². The number of piperidine rings is 1. The van der Waals surface area contributed by atoms with E-state index in [9.17, 15) is 0 Å². The van der Waals surface area contributed by atoms with Gasteiger partial charge in [0.1, 0.15) is 0 Å². The van der Waals surface area contributed by atoms with E-state index in [-0.39, 0.29) is 5.54 Å². The minimum absolute atomic E-state index is 0.171. The lowest BCUT2D eigenvalue weighted by Crippen LogP contribution is -2.50. The average Bonchev–Trinajstić information content (AvgIpc) is 2.29. The van der Waals surface area contributed by atoms with Gasteiger partial charge in [-0.2, -0.15) is 0 Å². The zero-order chi connectivity index (χ0) is 11.6. The standard InChI is InChI=1S/C14H23N2/c1-14(2,3)16-10-6-7-12(11-16)13-8-4-5-9-15-13/h6-7,10-11,13,15H,4-5,8-9H2,1-3H3/q+1. The summed E-state index contributed by atoms with van der Waals surface area (Å²) in [7, 11) is 0. The van der Waals surface area contributed by atoms with E-state index in [1.165, 1.54) is 24.8 Å². The summed E-state index contributed by atoms with van der Waals surface area (Å²) in [5.74, 6) is 0. The first-order valence-corrected chi connectivity index (χ1v) is 6.32. The summed E-state index contributed by atoms with van der Waals surface area (Å²) in [4.78, 5) is 0. The predicted octanol–water partition coefficient (Wildman–Crippen LogP) is 2.54. The van der Waals surface area contributed by atoms with Crippen molar-refractivity contribution in [1.29, 1.82) is 0 Å². The molecule has 0 bridgehead atoms. The van der Waals surface area contributed by atoms with Crippen LogP contribution in [0.3, 0.4) is 0 Å². The molecule has 1 aromatic rings. The first kappa shape index (κ1) is 11.6. The van der Waals surface area contributed by atoms with Crippen molar-refractivity contribution in [2.45, 2.75) is 51.6 Å². The fourth-order valence-electron chi connectivity index (χ4n) is 2.25. The molecule has 0 amide bonds. The molecule has 1 unspecified atom stereocenters. The maximum atomic E-state index is 3.60. The predicted molar refractivity (Wildman–Crippen MR) is 66.2 cm³/mol. The van der Waals surface area contributed by atoms with Gasteiger partial charge in [0, 0.05) is 38.4 Å². The molecule has 0 radical (unpaired) electrons. The fraction of sp³-hybridized carbons (Fsp3) is 0.643. The van der Waals surface area contributed by atoms with Gasteiger partial charge in [0.15, 0.2) is 17.9 Å². The Balaban J connectivity index is 2.21. The van der Waals surface area contributed by atoms with Crippen molar-refractivity contribution in [3.05, 3.63) is 30.1 Å². The highest BCUT2D eigenvalue weighted by Crippen LogP contribution is 2.21. The lowest BCUT2D eigenvalue weighted by atomic mass is 9.98. The molecule has 0 aliphatic carbocycles. The summed E-state index contributed by atoms with van der Waals surface area (Å²) in [5.41, 5.74) is 1.60. The van der Waals surface area contributed by atoms with Crippen LogP contribution >= 0.6 is 0 Å². The summed E-state index contributed by atoms with van der Waals surface area (Å²) in [6.07, 6.45) is 8.40. The monoisotopic (exact) mass is 219 g/mol. The summed E-state index contributed by atoms with van der Waals surface area (Å²) in [6.45, 7) is 7.89. The summed E-state index contributed by atoms with van der Waals surface area (Å²) in [6, 6.07) is 4.96. The third-order valence-electron chi connectivity index (χ3n) is 3.31. The molecule has 1 aliphatic heterocycles. The van der Waals surface area contributed by atoms with E-state index >= 15 is 0 Å². The van der Waals surface area contributed by atoms with Crippen molar-refractivity contribution < 1.29 is 4.57 Å². The Labute approximate surface area is 98.7 Å². The van der Waals surface area contributed by atoms with Crippen LogP contribution < -0.4 is 9.88 Å². The second kappa shape index (κ2) is 4.54. The average molecular weight is 219 g/mol. The molecule has 0 aromatic carbocycles. The third-order valence-corrected chi connectivity index (χ3v) is 3.31. The molecular formula is C14H23N2+. The van der Waals surface area contributed by atoms with Crippen molar-refractivity contribution in [3.63, 3.8) is 0 Å². The number of pyridine rings is 1. The molecule has 16 heavy (non-hydrogen) atoms. The van der Waals surface area contributed by atoms with Crippen LogP contribution in [-0.2, 0) is 5.54 Å². The highest BCUT2D eigenvalue weighted by molar-refractivity contribution is 5.12. The fourth-order valence-corrected chi connectivity index (χ4v) is 2.25. The van der Waals surface area contributed by atoms with Gasteiger partial charge in [0.2, 0.25) is 0 Å². The largest absolute Gasteiger partial charge is 0.310 e. The molecule has 2 heteroatoms. The lowest BCUT2D eigenvalue weighted by Gasteiger charge is -2.23. The Kier molecular flexibility index (Phi) is 3.29. The highest BCUT2D eigenvalue weighted by atomic mass is 15.0. The van der Waals surface area contributed by atoms with Crippen LogP contribution in [0.15, 0.2) is 24.5 Å². The van der Waals surface area contributed by atoms with Crippen LogP contribution in [0.4, 0.5) is 0 Å². The number of aromatic nitrogens is 1. The first-order valence-electron chi connectivity index (χ1n) is 6.32. The van der Waals surface area contributed by atoms with Crippen molar-refractivity contribution in [2.24, 2.45) is 0 Å². The number of hydrogen-bond acceptors (Lipinski definition) is 1. The summed E-state index contributed by atoms with van der Waals surface area (Å²) >= 11 is 0. The molecule has 1 aromatic heterocycles. The van der Waals surface area contributed by atoms with Gasteiger partial charge in [-0.25, -0.2) is 4.57 Å².